The van der Waals surface area contributed by atoms with E-state index in [1.165, 1.54) is 29.2 Å². The summed E-state index contributed by atoms with van der Waals surface area (Å²) >= 11 is 0. The summed E-state index contributed by atoms with van der Waals surface area (Å²) in [7, 11) is 0. The van der Waals surface area contributed by atoms with Gasteiger partial charge in [-0.2, -0.15) is 0 Å². The molecule has 0 aliphatic carbocycles. The topological polar surface area (TPSA) is 113 Å². The molecule has 1 aromatic rings. The number of hydrogen-bond donors (Lipinski definition) is 1. The van der Waals surface area contributed by atoms with Gasteiger partial charge >= 0.3 is 0 Å². The minimum absolute atomic E-state index is 0.0247. The van der Waals surface area contributed by atoms with E-state index in [4.69, 9.17) is 4.74 Å². The van der Waals surface area contributed by atoms with Crippen molar-refractivity contribution in [1.29, 1.82) is 0 Å². The largest absolute Gasteiger partial charge is 0.396 e. The van der Waals surface area contributed by atoms with Crippen molar-refractivity contribution in [2.75, 3.05) is 39.5 Å². The summed E-state index contributed by atoms with van der Waals surface area (Å²) in [6.45, 7) is 4.28. The van der Waals surface area contributed by atoms with Gasteiger partial charge < -0.3 is 14.7 Å². The molecule has 9 nitrogen and oxygen atoms in total. The van der Waals surface area contributed by atoms with E-state index in [0.717, 1.165) is 12.8 Å². The monoisotopic (exact) mass is 417 g/mol. The van der Waals surface area contributed by atoms with E-state index < -0.39 is 10.8 Å². The molecule has 0 spiro atoms. The molecule has 0 bridgehead atoms. The molecule has 9 heteroatoms. The molecule has 3 rings (SSSR count). The number of amides is 2. The Hall–Kier alpha value is -2.78. The van der Waals surface area contributed by atoms with Crippen molar-refractivity contribution in [2.45, 2.75) is 26.2 Å². The van der Waals surface area contributed by atoms with E-state index in [9.17, 15) is 24.8 Å². The lowest BCUT2D eigenvalue weighted by Gasteiger charge is -2.34. The Morgan fingerprint density at radius 1 is 1.23 bits per heavy atom. The number of ether oxygens (including phenoxy) is 1. The number of non-ortho nitro benzene ring substituents is 1. The number of benzene rings is 1. The number of rotatable bonds is 9. The molecule has 2 aliphatic rings. The molecule has 30 heavy (non-hydrogen) atoms. The van der Waals surface area contributed by atoms with Gasteiger partial charge in [0.2, 0.25) is 0 Å². The molecule has 1 unspecified atom stereocenters. The molecule has 1 N–H and O–H groups in total. The normalized spacial score (nSPS) is 19.7. The minimum Gasteiger partial charge on any atom is -0.396 e. The number of aliphatic hydroxyl groups is 1. The Balaban J connectivity index is 1.94. The van der Waals surface area contributed by atoms with E-state index in [1.54, 1.807) is 0 Å². The van der Waals surface area contributed by atoms with Crippen molar-refractivity contribution in [3.8, 4) is 0 Å². The van der Waals surface area contributed by atoms with Crippen molar-refractivity contribution >= 4 is 23.1 Å². The first-order chi connectivity index (χ1) is 14.5. The van der Waals surface area contributed by atoms with Gasteiger partial charge in [0.15, 0.2) is 0 Å². The molecule has 1 fully saturated rings. The molecule has 0 aromatic heterocycles. The van der Waals surface area contributed by atoms with Crippen LogP contribution in [0.25, 0.3) is 5.57 Å². The number of likely N-dealkylation sites (tertiary alicyclic amines) is 1. The molecule has 162 valence electrons. The zero-order valence-electron chi connectivity index (χ0n) is 17.1. The first kappa shape index (κ1) is 21.9. The van der Waals surface area contributed by atoms with Crippen molar-refractivity contribution in [3.05, 3.63) is 45.6 Å². The second-order valence-electron chi connectivity index (χ2n) is 7.48. The fourth-order valence-corrected chi connectivity index (χ4v) is 3.96. The zero-order chi connectivity index (χ0) is 21.7. The highest BCUT2D eigenvalue weighted by atomic mass is 16.6. The van der Waals surface area contributed by atoms with Crippen LogP contribution in [0, 0.1) is 16.0 Å². The molecule has 2 amide bonds. The van der Waals surface area contributed by atoms with Crippen molar-refractivity contribution < 1.29 is 24.4 Å². The first-order valence-corrected chi connectivity index (χ1v) is 10.3. The number of carbonyl (C=O) groups excluding carboxylic acids is 2. The van der Waals surface area contributed by atoms with Gasteiger partial charge in [-0.15, -0.1) is 0 Å². The summed E-state index contributed by atoms with van der Waals surface area (Å²) in [5, 5.41) is 20.5. The summed E-state index contributed by atoms with van der Waals surface area (Å²) in [6, 6.07) is 5.69. The van der Waals surface area contributed by atoms with Crippen LogP contribution in [0.4, 0.5) is 5.69 Å². The van der Waals surface area contributed by atoms with Gasteiger partial charge in [0.25, 0.3) is 17.5 Å². The van der Waals surface area contributed by atoms with Gasteiger partial charge in [0.05, 0.1) is 10.5 Å². The van der Waals surface area contributed by atoms with Gasteiger partial charge in [-0.3, -0.25) is 24.6 Å². The maximum absolute atomic E-state index is 13.2. The fraction of sp³-hybridized carbons (Fsp3) is 0.524. The van der Waals surface area contributed by atoms with Crippen LogP contribution < -0.4 is 0 Å². The lowest BCUT2D eigenvalue weighted by molar-refractivity contribution is -0.384. The van der Waals surface area contributed by atoms with Crippen LogP contribution in [-0.4, -0.2) is 71.1 Å². The summed E-state index contributed by atoms with van der Waals surface area (Å²) < 4.78 is 5.32. The standard InChI is InChI=1S/C21H27N3O6/c1-2-30-12-4-11-23-20(26)18(16-6-8-17(9-7-16)24(28)29)19(21(23)27)22-10-3-5-15(13-22)14-25/h6-9,15,25H,2-5,10-14H2,1H3. The Morgan fingerprint density at radius 3 is 2.60 bits per heavy atom. The van der Waals surface area contributed by atoms with E-state index >= 15 is 0 Å². The molecule has 0 radical (unpaired) electrons. The molecular weight excluding hydrogens is 390 g/mol. The number of imide groups is 1. The van der Waals surface area contributed by atoms with Gasteiger partial charge in [-0.05, 0) is 49.8 Å². The summed E-state index contributed by atoms with van der Waals surface area (Å²) in [5.41, 5.74) is 0.991. The average Bonchev–Trinajstić information content (AvgIpc) is 3.01. The molecule has 2 heterocycles. The second kappa shape index (κ2) is 9.82. The van der Waals surface area contributed by atoms with E-state index in [0.29, 0.717) is 44.0 Å². The number of piperidine rings is 1. The van der Waals surface area contributed by atoms with Crippen molar-refractivity contribution in [2.24, 2.45) is 5.92 Å². The molecule has 1 saturated heterocycles. The van der Waals surface area contributed by atoms with Gasteiger partial charge in [0.1, 0.15) is 5.70 Å². The predicted octanol–water partition coefficient (Wildman–Crippen LogP) is 1.81. The van der Waals surface area contributed by atoms with E-state index in [-0.39, 0.29) is 36.2 Å². The summed E-state index contributed by atoms with van der Waals surface area (Å²) in [6.07, 6.45) is 2.22. The van der Waals surface area contributed by atoms with Crippen LogP contribution in [0.2, 0.25) is 0 Å². The Kier molecular flexibility index (Phi) is 7.17. The first-order valence-electron chi connectivity index (χ1n) is 10.3. The third kappa shape index (κ3) is 4.52. The van der Waals surface area contributed by atoms with Crippen molar-refractivity contribution in [3.63, 3.8) is 0 Å². The van der Waals surface area contributed by atoms with Gasteiger partial charge in [-0.1, -0.05) is 0 Å². The lowest BCUT2D eigenvalue weighted by Crippen LogP contribution is -2.40. The third-order valence-electron chi connectivity index (χ3n) is 5.48. The zero-order valence-corrected chi connectivity index (χ0v) is 17.1. The Bertz CT molecular complexity index is 836. The average molecular weight is 417 g/mol. The van der Waals surface area contributed by atoms with Crippen LogP contribution in [0.15, 0.2) is 30.0 Å². The smallest absolute Gasteiger partial charge is 0.277 e. The molecular formula is C21H27N3O6. The number of nitro benzene ring substituents is 1. The van der Waals surface area contributed by atoms with Crippen LogP contribution in [0.3, 0.4) is 0 Å². The van der Waals surface area contributed by atoms with Crippen LogP contribution in [0.5, 0.6) is 0 Å². The number of carbonyl (C=O) groups is 2. The van der Waals surface area contributed by atoms with Crippen LogP contribution in [0.1, 0.15) is 31.7 Å². The molecule has 2 aliphatic heterocycles. The fourth-order valence-electron chi connectivity index (χ4n) is 3.96. The van der Waals surface area contributed by atoms with Crippen LogP contribution >= 0.6 is 0 Å². The SMILES string of the molecule is CCOCCCN1C(=O)C(c2ccc([N+](=O)[O-])cc2)=C(N2CCCC(CO)C2)C1=O. The van der Waals surface area contributed by atoms with Crippen molar-refractivity contribution in [1.82, 2.24) is 9.80 Å². The Labute approximate surface area is 175 Å². The number of nitro groups is 1. The summed E-state index contributed by atoms with van der Waals surface area (Å²) in [4.78, 5) is 40.0. The highest BCUT2D eigenvalue weighted by Gasteiger charge is 2.42. The van der Waals surface area contributed by atoms with E-state index in [2.05, 4.69) is 0 Å². The summed E-state index contributed by atoms with van der Waals surface area (Å²) in [5.74, 6) is -0.714. The maximum Gasteiger partial charge on any atom is 0.277 e. The highest BCUT2D eigenvalue weighted by Crippen LogP contribution is 2.34. The molecule has 1 atom stereocenters. The third-order valence-corrected chi connectivity index (χ3v) is 5.48. The predicted molar refractivity (Wildman–Crippen MR) is 109 cm³/mol. The van der Waals surface area contributed by atoms with Gasteiger partial charge in [-0.25, -0.2) is 0 Å². The maximum atomic E-state index is 13.2. The number of nitrogens with zero attached hydrogens (tertiary/aromatic N) is 3. The molecule has 0 saturated carbocycles. The molecule has 1 aromatic carbocycles. The number of aliphatic hydroxyl groups excluding tert-OH is 1. The highest BCUT2D eigenvalue weighted by molar-refractivity contribution is 6.35. The Morgan fingerprint density at radius 2 is 1.97 bits per heavy atom. The van der Waals surface area contributed by atoms with Gasteiger partial charge in [0, 0.05) is 51.6 Å². The number of hydrogen-bond acceptors (Lipinski definition) is 7. The van der Waals surface area contributed by atoms with E-state index in [1.807, 2.05) is 11.8 Å². The second-order valence-corrected chi connectivity index (χ2v) is 7.48. The minimum atomic E-state index is -0.503. The lowest BCUT2D eigenvalue weighted by atomic mass is 9.97. The quantitative estimate of drug-likeness (QED) is 0.282. The van der Waals surface area contributed by atoms with Crippen LogP contribution in [-0.2, 0) is 14.3 Å².